The summed E-state index contributed by atoms with van der Waals surface area (Å²) in [6.07, 6.45) is 4.44. The fourth-order valence-corrected chi connectivity index (χ4v) is 4.68. The van der Waals surface area contributed by atoms with E-state index in [1.54, 1.807) is 6.26 Å². The van der Waals surface area contributed by atoms with Crippen LogP contribution in [0.3, 0.4) is 0 Å². The highest BCUT2D eigenvalue weighted by atomic mass is 32.2. The number of aliphatic imine (C=N–C) groups is 1. The van der Waals surface area contributed by atoms with E-state index in [0.717, 1.165) is 24.6 Å². The zero-order chi connectivity index (χ0) is 14.0. The van der Waals surface area contributed by atoms with Gasteiger partial charge in [0.05, 0.1) is 18.5 Å². The van der Waals surface area contributed by atoms with Crippen LogP contribution in [0.4, 0.5) is 0 Å². The Hall–Kier alpha value is -1.68. The first-order chi connectivity index (χ1) is 10.3. The van der Waals surface area contributed by atoms with Gasteiger partial charge in [-0.2, -0.15) is 0 Å². The van der Waals surface area contributed by atoms with Crippen LogP contribution in [0.5, 0.6) is 0 Å². The number of allylic oxidation sites excluding steroid dienone is 1. The van der Waals surface area contributed by atoms with E-state index in [1.807, 2.05) is 11.8 Å². The molecule has 0 atom stereocenters. The summed E-state index contributed by atoms with van der Waals surface area (Å²) in [6, 6.07) is 6.55. The zero-order valence-electron chi connectivity index (χ0n) is 11.9. The molecule has 2 aliphatic heterocycles. The van der Waals surface area contributed by atoms with Gasteiger partial charge in [-0.05, 0) is 49.4 Å². The summed E-state index contributed by atoms with van der Waals surface area (Å²) >= 11 is 1.89. The molecular weight excluding hydrogens is 280 g/mol. The lowest BCUT2D eigenvalue weighted by atomic mass is 10.0. The molecule has 4 heteroatoms. The number of hydrogen-bond acceptors (Lipinski definition) is 4. The topological polar surface area (TPSA) is 28.7 Å². The molecule has 0 amide bonds. The fourth-order valence-electron chi connectivity index (χ4n) is 3.31. The number of fused-ring (bicyclic) bond motifs is 2. The van der Waals surface area contributed by atoms with Gasteiger partial charge in [-0.1, -0.05) is 11.8 Å². The Kier molecular flexibility index (Phi) is 2.37. The van der Waals surface area contributed by atoms with Crippen LogP contribution in [0.1, 0.15) is 24.0 Å². The molecule has 1 aliphatic carbocycles. The van der Waals surface area contributed by atoms with Gasteiger partial charge in [0, 0.05) is 22.4 Å². The van der Waals surface area contributed by atoms with Crippen LogP contribution in [-0.2, 0) is 0 Å². The van der Waals surface area contributed by atoms with Gasteiger partial charge in [-0.15, -0.1) is 0 Å². The zero-order valence-corrected chi connectivity index (χ0v) is 12.7. The molecule has 0 N–H and O–H groups in total. The summed E-state index contributed by atoms with van der Waals surface area (Å²) in [5.74, 6) is 0.755. The summed E-state index contributed by atoms with van der Waals surface area (Å²) in [5.41, 5.74) is 4.95. The van der Waals surface area contributed by atoms with Crippen molar-refractivity contribution in [3.05, 3.63) is 40.5 Å². The fraction of sp³-hybridized carbons (Fsp3) is 0.353. The van der Waals surface area contributed by atoms with Crippen LogP contribution in [0, 0.1) is 12.8 Å². The van der Waals surface area contributed by atoms with Crippen molar-refractivity contribution in [2.45, 2.75) is 19.8 Å². The number of benzene rings is 1. The van der Waals surface area contributed by atoms with E-state index in [1.165, 1.54) is 45.1 Å². The predicted molar refractivity (Wildman–Crippen MR) is 87.2 cm³/mol. The average molecular weight is 296 g/mol. The molecule has 3 aliphatic rings. The molecule has 3 nitrogen and oxygen atoms in total. The molecule has 106 valence electrons. The second-order valence-electron chi connectivity index (χ2n) is 6.03. The quantitative estimate of drug-likeness (QED) is 0.830. The maximum absolute atomic E-state index is 5.64. The minimum absolute atomic E-state index is 0.755. The van der Waals surface area contributed by atoms with Crippen LogP contribution in [0.15, 0.2) is 38.8 Å². The van der Waals surface area contributed by atoms with Crippen molar-refractivity contribution in [2.24, 2.45) is 10.9 Å². The van der Waals surface area contributed by atoms with E-state index in [4.69, 9.17) is 4.42 Å². The standard InChI is InChI=1S/C17H16N2OS/c1-10-8-12(9-14-13(10)4-7-20-14)15-16(11-2-3-11)21-17-18-5-6-19(15)17/h4,7-9,11H,2-3,5-6H2,1H3. The second-order valence-corrected chi connectivity index (χ2v) is 7.04. The molecule has 1 saturated carbocycles. The van der Waals surface area contributed by atoms with E-state index >= 15 is 0 Å². The molecule has 0 radical (unpaired) electrons. The number of aryl methyl sites for hydroxylation is 1. The highest BCUT2D eigenvalue weighted by molar-refractivity contribution is 8.17. The Morgan fingerprint density at radius 2 is 2.24 bits per heavy atom. The van der Waals surface area contributed by atoms with Gasteiger partial charge in [0.15, 0.2) is 5.17 Å². The van der Waals surface area contributed by atoms with E-state index in [2.05, 4.69) is 35.0 Å². The minimum Gasteiger partial charge on any atom is -0.464 e. The number of rotatable bonds is 2. The van der Waals surface area contributed by atoms with Crippen molar-refractivity contribution >= 4 is 33.6 Å². The number of hydrogen-bond donors (Lipinski definition) is 0. The molecule has 21 heavy (non-hydrogen) atoms. The summed E-state index contributed by atoms with van der Waals surface area (Å²) in [4.78, 5) is 8.58. The van der Waals surface area contributed by atoms with Crippen LogP contribution in [0.25, 0.3) is 16.7 Å². The molecule has 0 unspecified atom stereocenters. The summed E-state index contributed by atoms with van der Waals surface area (Å²) in [6.45, 7) is 4.11. The predicted octanol–water partition coefficient (Wildman–Crippen LogP) is 4.24. The van der Waals surface area contributed by atoms with Crippen LogP contribution in [0.2, 0.25) is 0 Å². The molecular formula is C17H16N2OS. The van der Waals surface area contributed by atoms with E-state index in [0.29, 0.717) is 0 Å². The molecule has 0 saturated heterocycles. The van der Waals surface area contributed by atoms with E-state index in [-0.39, 0.29) is 0 Å². The lowest BCUT2D eigenvalue weighted by Gasteiger charge is -2.18. The average Bonchev–Trinajstić information content (AvgIpc) is 2.89. The Bertz CT molecular complexity index is 813. The number of amidine groups is 1. The minimum atomic E-state index is 0.755. The molecule has 0 bridgehead atoms. The third kappa shape index (κ3) is 1.72. The van der Waals surface area contributed by atoms with Gasteiger partial charge in [0.25, 0.3) is 0 Å². The maximum Gasteiger partial charge on any atom is 0.168 e. The first kappa shape index (κ1) is 11.9. The van der Waals surface area contributed by atoms with E-state index in [9.17, 15) is 0 Å². The van der Waals surface area contributed by atoms with Crippen LogP contribution in [-0.4, -0.2) is 23.2 Å². The van der Waals surface area contributed by atoms with Crippen molar-refractivity contribution in [3.63, 3.8) is 0 Å². The second kappa shape index (κ2) is 4.17. The largest absolute Gasteiger partial charge is 0.464 e. The molecule has 1 aromatic carbocycles. The first-order valence-electron chi connectivity index (χ1n) is 7.53. The number of furan rings is 1. The molecule has 5 rings (SSSR count). The summed E-state index contributed by atoms with van der Waals surface area (Å²) < 4.78 is 5.64. The van der Waals surface area contributed by atoms with Gasteiger partial charge >= 0.3 is 0 Å². The summed E-state index contributed by atoms with van der Waals surface area (Å²) in [7, 11) is 0. The SMILES string of the molecule is Cc1cc(C2=C(C3CC3)SC3=NCCN32)cc2occc12. The molecule has 0 spiro atoms. The third-order valence-corrected chi connectivity index (χ3v) is 5.78. The molecule has 3 heterocycles. The number of nitrogens with zero attached hydrogens (tertiary/aromatic N) is 2. The normalized spacial score (nSPS) is 21.4. The smallest absolute Gasteiger partial charge is 0.168 e. The van der Waals surface area contributed by atoms with Crippen molar-refractivity contribution < 1.29 is 4.42 Å². The highest BCUT2D eigenvalue weighted by Gasteiger charge is 2.40. The highest BCUT2D eigenvalue weighted by Crippen LogP contribution is 2.52. The Morgan fingerprint density at radius 1 is 1.33 bits per heavy atom. The van der Waals surface area contributed by atoms with Crippen molar-refractivity contribution in [1.29, 1.82) is 0 Å². The molecule has 1 aromatic heterocycles. The van der Waals surface area contributed by atoms with Crippen LogP contribution < -0.4 is 0 Å². The van der Waals surface area contributed by atoms with Gasteiger partial charge < -0.3 is 9.32 Å². The van der Waals surface area contributed by atoms with E-state index < -0.39 is 0 Å². The Balaban J connectivity index is 1.72. The van der Waals surface area contributed by atoms with Gasteiger partial charge in [-0.25, -0.2) is 0 Å². The van der Waals surface area contributed by atoms with Gasteiger partial charge in [0.2, 0.25) is 0 Å². The lowest BCUT2D eigenvalue weighted by molar-refractivity contribution is 0.614. The first-order valence-corrected chi connectivity index (χ1v) is 8.35. The van der Waals surface area contributed by atoms with Gasteiger partial charge in [-0.3, -0.25) is 4.99 Å². The summed E-state index contributed by atoms with van der Waals surface area (Å²) in [5, 5.41) is 2.41. The Labute approximate surface area is 127 Å². The van der Waals surface area contributed by atoms with Crippen molar-refractivity contribution in [2.75, 3.05) is 13.1 Å². The number of thioether (sulfide) groups is 1. The Morgan fingerprint density at radius 3 is 3.10 bits per heavy atom. The third-order valence-electron chi connectivity index (χ3n) is 4.51. The maximum atomic E-state index is 5.64. The molecule has 1 fully saturated rings. The van der Waals surface area contributed by atoms with Gasteiger partial charge in [0.1, 0.15) is 5.58 Å². The molecule has 2 aromatic rings. The van der Waals surface area contributed by atoms with Crippen molar-refractivity contribution in [1.82, 2.24) is 4.90 Å². The van der Waals surface area contributed by atoms with Crippen molar-refractivity contribution in [3.8, 4) is 0 Å². The van der Waals surface area contributed by atoms with Crippen LogP contribution >= 0.6 is 11.8 Å². The monoisotopic (exact) mass is 296 g/mol. The lowest BCUT2D eigenvalue weighted by Crippen LogP contribution is -2.20.